The Morgan fingerprint density at radius 1 is 0.417 bits per heavy atom. The van der Waals surface area contributed by atoms with Crippen LogP contribution in [0.25, 0.3) is 22.3 Å². The highest BCUT2D eigenvalue weighted by atomic mass is 31.0. The van der Waals surface area contributed by atoms with Crippen LogP contribution in [0.5, 0.6) is 0 Å². The number of rotatable bonds is 5. The average molecular weight is 368 g/mol. The Kier molecular flexibility index (Phi) is 6.19. The van der Waals surface area contributed by atoms with Crippen molar-refractivity contribution < 1.29 is 0 Å². The maximum Gasteiger partial charge on any atom is -0.0128 e. The summed E-state index contributed by atoms with van der Waals surface area (Å²) in [5.74, 6) is 0. The van der Waals surface area contributed by atoms with Gasteiger partial charge in [-0.2, -0.15) is 0 Å². The van der Waals surface area contributed by atoms with Gasteiger partial charge in [0.1, 0.15) is 0 Å². The molecule has 3 aromatic carbocycles. The van der Waals surface area contributed by atoms with Gasteiger partial charge in [0.25, 0.3) is 0 Å². The summed E-state index contributed by atoms with van der Waals surface area (Å²) in [5.41, 5.74) is 9.17. The molecule has 122 valence electrons. The molecule has 0 aromatic heterocycles. The molecule has 0 saturated carbocycles. The van der Waals surface area contributed by atoms with E-state index >= 15 is 0 Å². The monoisotopic (exact) mass is 368 g/mol. The number of benzene rings is 3. The Bertz CT molecular complexity index is 740. The van der Waals surface area contributed by atoms with Gasteiger partial charge in [-0.3, -0.25) is 0 Å². The SMILES string of the molecule is PCc1ccc(-c2cc(CP)cc(-c3ccc(CP)cc3)c2)cc1. The lowest BCUT2D eigenvalue weighted by atomic mass is 9.96. The highest BCUT2D eigenvalue weighted by molar-refractivity contribution is 7.15. The van der Waals surface area contributed by atoms with Crippen LogP contribution in [-0.4, -0.2) is 0 Å². The van der Waals surface area contributed by atoms with E-state index in [4.69, 9.17) is 0 Å². The Balaban J connectivity index is 2.03. The quantitative estimate of drug-likeness (QED) is 0.474. The van der Waals surface area contributed by atoms with Gasteiger partial charge in [-0.25, -0.2) is 0 Å². The molecule has 0 amide bonds. The second kappa shape index (κ2) is 8.36. The highest BCUT2D eigenvalue weighted by Gasteiger charge is 2.05. The van der Waals surface area contributed by atoms with Gasteiger partial charge in [-0.05, 0) is 63.5 Å². The second-order valence-corrected chi connectivity index (χ2v) is 7.15. The van der Waals surface area contributed by atoms with Crippen LogP contribution in [0.4, 0.5) is 0 Å². The van der Waals surface area contributed by atoms with Crippen molar-refractivity contribution in [2.75, 3.05) is 0 Å². The average Bonchev–Trinajstić information content (AvgIpc) is 2.67. The molecule has 0 N–H and O–H groups in total. The molecule has 0 aliphatic heterocycles. The molecule has 3 unspecified atom stereocenters. The maximum absolute atomic E-state index is 2.84. The first-order valence-electron chi connectivity index (χ1n) is 8.16. The zero-order valence-corrected chi connectivity index (χ0v) is 17.2. The molecular formula is C21H23P3. The fourth-order valence-corrected chi connectivity index (χ4v) is 3.59. The van der Waals surface area contributed by atoms with Crippen molar-refractivity contribution in [1.29, 1.82) is 0 Å². The normalized spacial score (nSPS) is 10.8. The van der Waals surface area contributed by atoms with E-state index in [1.54, 1.807) is 0 Å². The van der Waals surface area contributed by atoms with Crippen LogP contribution in [0, 0.1) is 0 Å². The molecule has 3 aromatic rings. The standard InChI is InChI=1S/C21H23P3/c22-12-15-1-5-18(6-2-15)20-9-17(14-24)10-21(11-20)19-7-3-16(13-23)4-8-19/h1-11H,12-14,22-24H2. The minimum absolute atomic E-state index is 0.966. The molecule has 24 heavy (non-hydrogen) atoms. The van der Waals surface area contributed by atoms with Crippen LogP contribution < -0.4 is 0 Å². The number of hydrogen-bond acceptors (Lipinski definition) is 0. The Morgan fingerprint density at radius 2 is 0.792 bits per heavy atom. The van der Waals surface area contributed by atoms with E-state index in [1.165, 1.54) is 38.9 Å². The lowest BCUT2D eigenvalue weighted by molar-refractivity contribution is 1.39. The zero-order valence-electron chi connectivity index (χ0n) is 13.7. The zero-order chi connectivity index (χ0) is 16.9. The van der Waals surface area contributed by atoms with E-state index in [-0.39, 0.29) is 0 Å². The van der Waals surface area contributed by atoms with E-state index < -0.39 is 0 Å². The van der Waals surface area contributed by atoms with Gasteiger partial charge in [0.05, 0.1) is 0 Å². The van der Waals surface area contributed by atoms with E-state index in [1.807, 2.05) is 0 Å². The van der Waals surface area contributed by atoms with Gasteiger partial charge in [-0.15, -0.1) is 27.7 Å². The van der Waals surface area contributed by atoms with Crippen LogP contribution in [0.1, 0.15) is 16.7 Å². The molecule has 0 radical (unpaired) electrons. The minimum Gasteiger partial charge on any atom is -0.133 e. The molecule has 3 heteroatoms. The van der Waals surface area contributed by atoms with Crippen molar-refractivity contribution in [3.63, 3.8) is 0 Å². The first-order chi connectivity index (χ1) is 11.7. The number of hydrogen-bond donors (Lipinski definition) is 0. The first-order valence-corrected chi connectivity index (χ1v) is 10.6. The van der Waals surface area contributed by atoms with Crippen LogP contribution >= 0.6 is 27.7 Å². The fourth-order valence-electron chi connectivity index (χ4n) is 2.81. The van der Waals surface area contributed by atoms with Crippen molar-refractivity contribution in [2.24, 2.45) is 0 Å². The largest absolute Gasteiger partial charge is 0.133 e. The summed E-state index contributed by atoms with van der Waals surface area (Å²) >= 11 is 0. The molecule has 0 fully saturated rings. The third-order valence-electron chi connectivity index (χ3n) is 4.27. The predicted molar refractivity (Wildman–Crippen MR) is 118 cm³/mol. The van der Waals surface area contributed by atoms with Crippen molar-refractivity contribution in [1.82, 2.24) is 0 Å². The fraction of sp³-hybridized carbons (Fsp3) is 0.143. The summed E-state index contributed by atoms with van der Waals surface area (Å²) in [7, 11) is 8.40. The first kappa shape index (κ1) is 17.8. The maximum atomic E-state index is 2.84. The van der Waals surface area contributed by atoms with E-state index in [9.17, 15) is 0 Å². The summed E-state index contributed by atoms with van der Waals surface area (Å²) in [6.07, 6.45) is 2.96. The highest BCUT2D eigenvalue weighted by Crippen LogP contribution is 2.30. The van der Waals surface area contributed by atoms with Crippen molar-refractivity contribution in [3.05, 3.63) is 83.4 Å². The summed E-state index contributed by atoms with van der Waals surface area (Å²) in [5, 5.41) is 0. The van der Waals surface area contributed by atoms with Gasteiger partial charge in [0.15, 0.2) is 0 Å². The lowest BCUT2D eigenvalue weighted by Gasteiger charge is -2.11. The lowest BCUT2D eigenvalue weighted by Crippen LogP contribution is -1.87. The van der Waals surface area contributed by atoms with E-state index in [2.05, 4.69) is 94.4 Å². The topological polar surface area (TPSA) is 0 Å². The minimum atomic E-state index is 0.966. The molecule has 3 atom stereocenters. The van der Waals surface area contributed by atoms with Crippen molar-refractivity contribution in [2.45, 2.75) is 18.5 Å². The molecule has 0 nitrogen and oxygen atoms in total. The van der Waals surface area contributed by atoms with Crippen LogP contribution in [0.15, 0.2) is 66.7 Å². The molecule has 0 aliphatic rings. The summed E-state index contributed by atoms with van der Waals surface area (Å²) in [6.45, 7) is 0. The molecule has 0 spiro atoms. The van der Waals surface area contributed by atoms with Crippen LogP contribution in [0.3, 0.4) is 0 Å². The molecular weight excluding hydrogens is 345 g/mol. The predicted octanol–water partition coefficient (Wildman–Crippen LogP) is 6.15. The van der Waals surface area contributed by atoms with Crippen molar-refractivity contribution in [3.8, 4) is 22.3 Å². The third-order valence-corrected chi connectivity index (χ3v) is 5.69. The molecule has 0 heterocycles. The molecule has 0 bridgehead atoms. The molecule has 0 saturated heterocycles. The Labute approximate surface area is 152 Å². The molecule has 3 rings (SSSR count). The van der Waals surface area contributed by atoms with Crippen molar-refractivity contribution >= 4 is 27.7 Å². The van der Waals surface area contributed by atoms with Gasteiger partial charge in [-0.1, -0.05) is 60.7 Å². The summed E-state index contributed by atoms with van der Waals surface area (Å²) in [6, 6.07) is 24.6. The molecule has 0 aliphatic carbocycles. The summed E-state index contributed by atoms with van der Waals surface area (Å²) in [4.78, 5) is 0. The van der Waals surface area contributed by atoms with Gasteiger partial charge in [0, 0.05) is 0 Å². The smallest absolute Gasteiger partial charge is 0.0128 e. The van der Waals surface area contributed by atoms with E-state index in [0.29, 0.717) is 0 Å². The van der Waals surface area contributed by atoms with Gasteiger partial charge < -0.3 is 0 Å². The Hall–Kier alpha value is -1.05. The van der Waals surface area contributed by atoms with Gasteiger partial charge in [0.2, 0.25) is 0 Å². The van der Waals surface area contributed by atoms with Crippen LogP contribution in [0.2, 0.25) is 0 Å². The summed E-state index contributed by atoms with van der Waals surface area (Å²) < 4.78 is 0. The Morgan fingerprint density at radius 3 is 1.12 bits per heavy atom. The van der Waals surface area contributed by atoms with Gasteiger partial charge >= 0.3 is 0 Å². The van der Waals surface area contributed by atoms with Crippen LogP contribution in [-0.2, 0) is 18.5 Å². The third kappa shape index (κ3) is 4.13. The second-order valence-electron chi connectivity index (χ2n) is 5.92. The van der Waals surface area contributed by atoms with E-state index in [0.717, 1.165) is 18.5 Å².